The first kappa shape index (κ1) is 14.7. The summed E-state index contributed by atoms with van der Waals surface area (Å²) >= 11 is 0. The number of nitrogens with zero attached hydrogens (tertiary/aromatic N) is 1. The van der Waals surface area contributed by atoms with E-state index >= 15 is 0 Å². The lowest BCUT2D eigenvalue weighted by Crippen LogP contribution is -2.43. The molecule has 1 aromatic carbocycles. The van der Waals surface area contributed by atoms with Crippen LogP contribution in [0.1, 0.15) is 49.4 Å². The van der Waals surface area contributed by atoms with Crippen LogP contribution < -0.4 is 10.5 Å². The lowest BCUT2D eigenvalue weighted by Gasteiger charge is -2.36. The number of nitrogen functional groups attached to an aromatic ring is 1. The summed E-state index contributed by atoms with van der Waals surface area (Å²) in [4.78, 5) is 14.7. The highest BCUT2D eigenvalue weighted by Gasteiger charge is 2.27. The standard InChI is InChI=1S/C16H24N2O2/c1-3-6-13-7-4-5-10-18(13)16(19)12-8-9-14(17)15(11-12)20-2/h8-9,11,13H,3-7,10,17H2,1-2H3. The van der Waals surface area contributed by atoms with Gasteiger partial charge in [0.15, 0.2) is 0 Å². The highest BCUT2D eigenvalue weighted by molar-refractivity contribution is 5.95. The summed E-state index contributed by atoms with van der Waals surface area (Å²) in [5.41, 5.74) is 7.03. The summed E-state index contributed by atoms with van der Waals surface area (Å²) in [5.74, 6) is 0.668. The number of amides is 1. The van der Waals surface area contributed by atoms with E-state index in [9.17, 15) is 4.79 Å². The normalized spacial score (nSPS) is 18.9. The van der Waals surface area contributed by atoms with Gasteiger partial charge in [0.05, 0.1) is 12.8 Å². The Morgan fingerprint density at radius 1 is 1.45 bits per heavy atom. The van der Waals surface area contributed by atoms with Gasteiger partial charge in [0.2, 0.25) is 0 Å². The predicted octanol–water partition coefficient (Wildman–Crippen LogP) is 3.07. The molecule has 0 aromatic heterocycles. The molecular weight excluding hydrogens is 252 g/mol. The summed E-state index contributed by atoms with van der Waals surface area (Å²) in [7, 11) is 1.57. The van der Waals surface area contributed by atoms with E-state index < -0.39 is 0 Å². The number of benzene rings is 1. The van der Waals surface area contributed by atoms with Crippen LogP contribution in [-0.2, 0) is 0 Å². The number of nitrogens with two attached hydrogens (primary N) is 1. The molecule has 1 amide bonds. The maximum atomic E-state index is 12.7. The minimum atomic E-state index is 0.0986. The van der Waals surface area contributed by atoms with Gasteiger partial charge in [-0.25, -0.2) is 0 Å². The van der Waals surface area contributed by atoms with Gasteiger partial charge in [-0.05, 0) is 43.9 Å². The monoisotopic (exact) mass is 276 g/mol. The number of methoxy groups -OCH3 is 1. The van der Waals surface area contributed by atoms with E-state index in [-0.39, 0.29) is 5.91 Å². The molecule has 1 atom stereocenters. The number of hydrogen-bond acceptors (Lipinski definition) is 3. The molecule has 1 aromatic rings. The molecule has 0 radical (unpaired) electrons. The molecule has 0 aliphatic carbocycles. The number of hydrogen-bond donors (Lipinski definition) is 1. The number of anilines is 1. The van der Waals surface area contributed by atoms with Crippen molar-refractivity contribution in [2.75, 3.05) is 19.4 Å². The summed E-state index contributed by atoms with van der Waals surface area (Å²) in [6.07, 6.45) is 5.63. The van der Waals surface area contributed by atoms with Gasteiger partial charge in [-0.15, -0.1) is 0 Å². The fraction of sp³-hybridized carbons (Fsp3) is 0.562. The second-order valence-electron chi connectivity index (χ2n) is 5.39. The van der Waals surface area contributed by atoms with Crippen LogP contribution in [0.4, 0.5) is 5.69 Å². The Bertz CT molecular complexity index is 472. The van der Waals surface area contributed by atoms with Crippen LogP contribution in [-0.4, -0.2) is 30.5 Å². The minimum Gasteiger partial charge on any atom is -0.495 e. The Morgan fingerprint density at radius 2 is 2.25 bits per heavy atom. The number of ether oxygens (including phenoxy) is 1. The van der Waals surface area contributed by atoms with Crippen molar-refractivity contribution in [2.45, 2.75) is 45.1 Å². The molecular formula is C16H24N2O2. The first-order chi connectivity index (χ1) is 9.67. The molecule has 4 heteroatoms. The fourth-order valence-electron chi connectivity index (χ4n) is 2.91. The molecule has 4 nitrogen and oxygen atoms in total. The molecule has 110 valence electrons. The van der Waals surface area contributed by atoms with Crippen molar-refractivity contribution >= 4 is 11.6 Å². The predicted molar refractivity (Wildman–Crippen MR) is 81.0 cm³/mol. The van der Waals surface area contributed by atoms with Crippen LogP contribution in [0.3, 0.4) is 0 Å². The lowest BCUT2D eigenvalue weighted by molar-refractivity contribution is 0.0600. The third kappa shape index (κ3) is 3.06. The number of carbonyl (C=O) groups is 1. The van der Waals surface area contributed by atoms with Gasteiger partial charge in [0.25, 0.3) is 5.91 Å². The minimum absolute atomic E-state index is 0.0986. The van der Waals surface area contributed by atoms with Gasteiger partial charge in [0.1, 0.15) is 5.75 Å². The van der Waals surface area contributed by atoms with Crippen LogP contribution in [0.15, 0.2) is 18.2 Å². The molecule has 2 N–H and O–H groups in total. The average Bonchev–Trinajstić information content (AvgIpc) is 2.48. The molecule has 1 aliphatic heterocycles. The smallest absolute Gasteiger partial charge is 0.254 e. The van der Waals surface area contributed by atoms with Crippen molar-refractivity contribution in [3.8, 4) is 5.75 Å². The molecule has 1 unspecified atom stereocenters. The SMILES string of the molecule is CCCC1CCCCN1C(=O)c1ccc(N)c(OC)c1. The Hall–Kier alpha value is -1.71. The van der Waals surface area contributed by atoms with Crippen molar-refractivity contribution in [3.63, 3.8) is 0 Å². The molecule has 1 aliphatic rings. The molecule has 2 rings (SSSR count). The molecule has 1 heterocycles. The Kier molecular flexibility index (Phi) is 4.88. The van der Waals surface area contributed by atoms with E-state index in [1.807, 2.05) is 4.90 Å². The quantitative estimate of drug-likeness (QED) is 0.860. The van der Waals surface area contributed by atoms with E-state index in [0.717, 1.165) is 32.2 Å². The molecule has 1 fully saturated rings. The fourth-order valence-corrected chi connectivity index (χ4v) is 2.91. The first-order valence-corrected chi connectivity index (χ1v) is 7.41. The molecule has 0 bridgehead atoms. The molecule has 0 spiro atoms. The summed E-state index contributed by atoms with van der Waals surface area (Å²) in [6, 6.07) is 5.66. The van der Waals surface area contributed by atoms with Crippen LogP contribution in [0.25, 0.3) is 0 Å². The van der Waals surface area contributed by atoms with Crippen molar-refractivity contribution in [2.24, 2.45) is 0 Å². The summed E-state index contributed by atoms with van der Waals surface area (Å²) in [5, 5.41) is 0. The molecule has 1 saturated heterocycles. The topological polar surface area (TPSA) is 55.6 Å². The zero-order valence-electron chi connectivity index (χ0n) is 12.4. The van der Waals surface area contributed by atoms with Gasteiger partial charge in [-0.1, -0.05) is 13.3 Å². The highest BCUT2D eigenvalue weighted by Crippen LogP contribution is 2.26. The van der Waals surface area contributed by atoms with E-state index in [4.69, 9.17) is 10.5 Å². The largest absolute Gasteiger partial charge is 0.495 e. The van der Waals surface area contributed by atoms with E-state index in [1.165, 1.54) is 6.42 Å². The first-order valence-electron chi connectivity index (χ1n) is 7.41. The number of likely N-dealkylation sites (tertiary alicyclic amines) is 1. The Morgan fingerprint density at radius 3 is 2.95 bits per heavy atom. The zero-order chi connectivity index (χ0) is 14.5. The molecule has 0 saturated carbocycles. The summed E-state index contributed by atoms with van der Waals surface area (Å²) < 4.78 is 5.20. The van der Waals surface area contributed by atoms with Crippen LogP contribution in [0.2, 0.25) is 0 Å². The maximum Gasteiger partial charge on any atom is 0.254 e. The number of rotatable bonds is 4. The zero-order valence-corrected chi connectivity index (χ0v) is 12.4. The second kappa shape index (κ2) is 6.64. The van der Waals surface area contributed by atoms with Crippen molar-refractivity contribution in [1.82, 2.24) is 4.90 Å². The molecule has 20 heavy (non-hydrogen) atoms. The van der Waals surface area contributed by atoms with Gasteiger partial charge >= 0.3 is 0 Å². The third-order valence-electron chi connectivity index (χ3n) is 3.99. The van der Waals surface area contributed by atoms with Crippen LogP contribution in [0.5, 0.6) is 5.75 Å². The third-order valence-corrected chi connectivity index (χ3v) is 3.99. The summed E-state index contributed by atoms with van der Waals surface area (Å²) in [6.45, 7) is 3.03. The van der Waals surface area contributed by atoms with Crippen molar-refractivity contribution < 1.29 is 9.53 Å². The maximum absolute atomic E-state index is 12.7. The van der Waals surface area contributed by atoms with E-state index in [2.05, 4.69) is 6.92 Å². The van der Waals surface area contributed by atoms with Crippen molar-refractivity contribution in [1.29, 1.82) is 0 Å². The van der Waals surface area contributed by atoms with Crippen LogP contribution >= 0.6 is 0 Å². The lowest BCUT2D eigenvalue weighted by atomic mass is 9.97. The Labute approximate surface area is 120 Å². The number of piperidine rings is 1. The van der Waals surface area contributed by atoms with E-state index in [1.54, 1.807) is 25.3 Å². The average molecular weight is 276 g/mol. The van der Waals surface area contributed by atoms with Gasteiger partial charge in [0, 0.05) is 18.2 Å². The number of carbonyl (C=O) groups excluding carboxylic acids is 1. The van der Waals surface area contributed by atoms with Gasteiger partial charge < -0.3 is 15.4 Å². The second-order valence-corrected chi connectivity index (χ2v) is 5.39. The Balaban J connectivity index is 2.20. The van der Waals surface area contributed by atoms with Gasteiger partial charge in [-0.2, -0.15) is 0 Å². The highest BCUT2D eigenvalue weighted by atomic mass is 16.5. The van der Waals surface area contributed by atoms with Gasteiger partial charge in [-0.3, -0.25) is 4.79 Å². The van der Waals surface area contributed by atoms with Crippen molar-refractivity contribution in [3.05, 3.63) is 23.8 Å². The van der Waals surface area contributed by atoms with Crippen LogP contribution in [0, 0.1) is 0 Å². The van der Waals surface area contributed by atoms with E-state index in [0.29, 0.717) is 23.0 Å².